The smallest absolute Gasteiger partial charge is 0.308 e. The van der Waals surface area contributed by atoms with Crippen LogP contribution in [0.15, 0.2) is 60.8 Å². The van der Waals surface area contributed by atoms with Gasteiger partial charge in [0.15, 0.2) is 0 Å². The van der Waals surface area contributed by atoms with Crippen molar-refractivity contribution in [1.82, 2.24) is 14.9 Å². The molecule has 0 amide bonds. The maximum atomic E-state index is 7.17. The largest absolute Gasteiger partial charge is 0.340 e. The van der Waals surface area contributed by atoms with E-state index in [4.69, 9.17) is 5.26 Å². The normalized spacial score (nSPS) is 13.2. The second-order valence-electron chi connectivity index (χ2n) is 7.49. The average Bonchev–Trinajstić information content (AvgIpc) is 3.25. The topological polar surface area (TPSA) is 76.9 Å². The summed E-state index contributed by atoms with van der Waals surface area (Å²) >= 11 is 0. The Kier molecular flexibility index (Phi) is 5.73. The lowest BCUT2D eigenvalue weighted by atomic mass is 10.0. The molecule has 2 heterocycles. The summed E-state index contributed by atoms with van der Waals surface area (Å²) in [6, 6.07) is 16.1. The van der Waals surface area contributed by atoms with Gasteiger partial charge in [0.25, 0.3) is 0 Å². The number of hydrogen-bond acceptors (Lipinski definition) is 5. The van der Waals surface area contributed by atoms with E-state index in [2.05, 4.69) is 69.7 Å². The van der Waals surface area contributed by atoms with E-state index in [1.54, 1.807) is 6.20 Å². The molecule has 30 heavy (non-hydrogen) atoms. The number of benzene rings is 2. The lowest BCUT2D eigenvalue weighted by Crippen LogP contribution is -2.19. The number of anilines is 4. The summed E-state index contributed by atoms with van der Waals surface area (Å²) in [5.74, 6) is 1.25. The number of nitrogens with zero attached hydrogens (tertiary/aromatic N) is 3. The first-order valence-corrected chi connectivity index (χ1v) is 9.98. The SMILES string of the molecule is Cc1cc(CN2CC=CC2)cc(C)c1Nc1ccnc(Nc2ccc(C#[NH+])cc2)n1. The Morgan fingerprint density at radius 3 is 2.37 bits per heavy atom. The summed E-state index contributed by atoms with van der Waals surface area (Å²) in [5, 5.41) is 13.8. The highest BCUT2D eigenvalue weighted by Crippen LogP contribution is 2.26. The molecule has 3 aromatic rings. The lowest BCUT2D eigenvalue weighted by molar-refractivity contribution is -0.0909. The molecule has 2 aromatic carbocycles. The monoisotopic (exact) mass is 397 g/mol. The van der Waals surface area contributed by atoms with Crippen molar-refractivity contribution in [2.24, 2.45) is 0 Å². The van der Waals surface area contributed by atoms with Crippen molar-refractivity contribution < 1.29 is 5.26 Å². The molecule has 0 saturated heterocycles. The second-order valence-corrected chi connectivity index (χ2v) is 7.49. The van der Waals surface area contributed by atoms with E-state index in [0.717, 1.165) is 42.4 Å². The fourth-order valence-electron chi connectivity index (χ4n) is 3.63. The number of aromatic nitrogens is 2. The number of hydrogen-bond donors (Lipinski definition) is 3. The van der Waals surface area contributed by atoms with Crippen molar-refractivity contribution in [3.63, 3.8) is 0 Å². The van der Waals surface area contributed by atoms with Gasteiger partial charge in [-0.2, -0.15) is 4.98 Å². The van der Waals surface area contributed by atoms with Crippen molar-refractivity contribution >= 4 is 23.1 Å². The van der Waals surface area contributed by atoms with Crippen LogP contribution < -0.4 is 15.9 Å². The molecule has 0 atom stereocenters. The maximum absolute atomic E-state index is 7.17. The predicted molar refractivity (Wildman–Crippen MR) is 119 cm³/mol. The van der Waals surface area contributed by atoms with Gasteiger partial charge in [0.05, 0.1) is 0 Å². The molecule has 0 radical (unpaired) electrons. The van der Waals surface area contributed by atoms with E-state index in [1.165, 1.54) is 16.7 Å². The molecule has 6 nitrogen and oxygen atoms in total. The summed E-state index contributed by atoms with van der Waals surface area (Å²) in [6.07, 6.45) is 6.17. The minimum atomic E-state index is 0.514. The first-order valence-electron chi connectivity index (χ1n) is 9.98. The van der Waals surface area contributed by atoms with Crippen LogP contribution in [0.5, 0.6) is 0 Å². The van der Waals surface area contributed by atoms with Crippen molar-refractivity contribution in [1.29, 1.82) is 0 Å². The van der Waals surface area contributed by atoms with Gasteiger partial charge in [0.2, 0.25) is 5.95 Å². The van der Waals surface area contributed by atoms with E-state index in [1.807, 2.05) is 30.3 Å². The molecule has 150 valence electrons. The zero-order valence-electron chi connectivity index (χ0n) is 17.2. The Morgan fingerprint density at radius 2 is 1.70 bits per heavy atom. The van der Waals surface area contributed by atoms with Gasteiger partial charge < -0.3 is 10.6 Å². The zero-order chi connectivity index (χ0) is 20.9. The molecule has 6 heteroatoms. The van der Waals surface area contributed by atoms with Crippen LogP contribution in [0.25, 0.3) is 0 Å². The third-order valence-corrected chi connectivity index (χ3v) is 5.09. The van der Waals surface area contributed by atoms with E-state index >= 15 is 0 Å². The third kappa shape index (κ3) is 4.65. The molecule has 0 aliphatic carbocycles. The Bertz CT molecular complexity index is 1080. The Balaban J connectivity index is 1.48. The highest BCUT2D eigenvalue weighted by Gasteiger charge is 2.11. The van der Waals surface area contributed by atoms with Crippen LogP contribution in [0.1, 0.15) is 22.3 Å². The van der Waals surface area contributed by atoms with Crippen LogP contribution in [-0.4, -0.2) is 28.0 Å². The first-order chi connectivity index (χ1) is 14.6. The summed E-state index contributed by atoms with van der Waals surface area (Å²) in [7, 11) is 0. The molecule has 1 aliphatic heterocycles. The summed E-state index contributed by atoms with van der Waals surface area (Å²) in [4.78, 5) is 11.3. The van der Waals surface area contributed by atoms with Crippen LogP contribution in [0, 0.1) is 19.9 Å². The number of aryl methyl sites for hydroxylation is 2. The lowest BCUT2D eigenvalue weighted by Gasteiger charge is -2.18. The average molecular weight is 398 g/mol. The van der Waals surface area contributed by atoms with Crippen LogP contribution in [-0.2, 0) is 6.54 Å². The van der Waals surface area contributed by atoms with E-state index in [0.29, 0.717) is 5.95 Å². The maximum Gasteiger partial charge on any atom is 0.308 e. The van der Waals surface area contributed by atoms with Gasteiger partial charge in [-0.25, -0.2) is 4.98 Å². The summed E-state index contributed by atoms with van der Waals surface area (Å²) < 4.78 is 0. The van der Waals surface area contributed by atoms with Gasteiger partial charge in [0, 0.05) is 37.2 Å². The molecule has 1 aliphatic rings. The van der Waals surface area contributed by atoms with Gasteiger partial charge in [-0.1, -0.05) is 29.5 Å². The van der Waals surface area contributed by atoms with E-state index < -0.39 is 0 Å². The number of nitrogens with one attached hydrogen (secondary N) is 3. The molecule has 0 spiro atoms. The molecule has 0 unspecified atom stereocenters. The molecule has 0 saturated carbocycles. The fourth-order valence-corrected chi connectivity index (χ4v) is 3.63. The second kappa shape index (κ2) is 8.76. The van der Waals surface area contributed by atoms with Crippen molar-refractivity contribution in [2.45, 2.75) is 20.4 Å². The Hall–Kier alpha value is -3.69. The molecule has 0 bridgehead atoms. The Morgan fingerprint density at radius 1 is 1.00 bits per heavy atom. The first kappa shape index (κ1) is 19.6. The van der Waals surface area contributed by atoms with Crippen LogP contribution in [0.4, 0.5) is 23.1 Å². The van der Waals surface area contributed by atoms with Gasteiger partial charge in [-0.3, -0.25) is 4.90 Å². The quantitative estimate of drug-likeness (QED) is 0.557. The Labute approximate surface area is 176 Å². The molecule has 1 aromatic heterocycles. The van der Waals surface area contributed by atoms with Gasteiger partial charge in [0.1, 0.15) is 11.4 Å². The van der Waals surface area contributed by atoms with Gasteiger partial charge in [-0.15, -0.1) is 0 Å². The highest BCUT2D eigenvalue weighted by atomic mass is 15.1. The molecule has 3 N–H and O–H groups in total. The third-order valence-electron chi connectivity index (χ3n) is 5.09. The summed E-state index contributed by atoms with van der Waals surface area (Å²) in [5.41, 5.74) is 6.39. The van der Waals surface area contributed by atoms with E-state index in [9.17, 15) is 0 Å². The predicted octanol–water partition coefficient (Wildman–Crippen LogP) is 3.07. The van der Waals surface area contributed by atoms with Gasteiger partial charge in [-0.05, 0) is 60.9 Å². The van der Waals surface area contributed by atoms with Crippen molar-refractivity contribution in [3.8, 4) is 6.07 Å². The van der Waals surface area contributed by atoms with Crippen LogP contribution >= 0.6 is 0 Å². The molecule has 0 fully saturated rings. The standard InChI is InChI=1S/C24H24N6/c1-17-13-20(16-30-11-3-4-12-30)14-18(2)23(17)28-22-9-10-26-24(29-22)27-21-7-5-19(15-25)6-8-21/h3-10,13-14H,11-12,16H2,1-2H3,(H2,26,27,28,29)/p+1. The minimum Gasteiger partial charge on any atom is -0.340 e. The minimum absolute atomic E-state index is 0.514. The number of rotatable bonds is 6. The van der Waals surface area contributed by atoms with Crippen molar-refractivity contribution in [2.75, 3.05) is 23.7 Å². The molecule has 4 rings (SSSR count). The summed E-state index contributed by atoms with van der Waals surface area (Å²) in [6.45, 7) is 7.27. The highest BCUT2D eigenvalue weighted by molar-refractivity contribution is 5.66. The zero-order valence-corrected chi connectivity index (χ0v) is 17.2. The molecular formula is C24H25N6+. The van der Waals surface area contributed by atoms with E-state index in [-0.39, 0.29) is 0 Å². The van der Waals surface area contributed by atoms with Crippen LogP contribution in [0.3, 0.4) is 0 Å². The molecular weight excluding hydrogens is 372 g/mol. The van der Waals surface area contributed by atoms with Crippen molar-refractivity contribution in [3.05, 3.63) is 83.1 Å². The van der Waals surface area contributed by atoms with Crippen LogP contribution in [0.2, 0.25) is 0 Å². The fraction of sp³-hybridized carbons (Fsp3) is 0.208. The van der Waals surface area contributed by atoms with Gasteiger partial charge >= 0.3 is 6.07 Å².